The van der Waals surface area contributed by atoms with Crippen LogP contribution < -0.4 is 0 Å². The standard InChI is InChI=1S/C9H18ClNO4S/c1-7(6-16(10,13)14)11(5)8(12)15-9(2,3)4/h7H,6H2,1-5H3. The number of hydrogen-bond donors (Lipinski definition) is 0. The molecule has 1 atom stereocenters. The fraction of sp³-hybridized carbons (Fsp3) is 0.889. The van der Waals surface area contributed by atoms with Crippen LogP contribution in [0.3, 0.4) is 0 Å². The zero-order chi connectivity index (χ0) is 13.1. The van der Waals surface area contributed by atoms with Gasteiger partial charge in [0.05, 0.1) is 5.75 Å². The minimum atomic E-state index is -3.62. The van der Waals surface area contributed by atoms with Crippen LogP contribution in [0.4, 0.5) is 4.79 Å². The Hall–Kier alpha value is -0.490. The Bertz CT molecular complexity index is 347. The van der Waals surface area contributed by atoms with Gasteiger partial charge in [-0.3, -0.25) is 0 Å². The molecule has 7 heteroatoms. The molecule has 0 rings (SSSR count). The Balaban J connectivity index is 4.45. The summed E-state index contributed by atoms with van der Waals surface area (Å²) >= 11 is 0. The van der Waals surface area contributed by atoms with E-state index in [2.05, 4.69) is 0 Å². The summed E-state index contributed by atoms with van der Waals surface area (Å²) in [6, 6.07) is -0.530. The van der Waals surface area contributed by atoms with Gasteiger partial charge in [0.1, 0.15) is 5.60 Å². The number of amides is 1. The summed E-state index contributed by atoms with van der Waals surface area (Å²) in [4.78, 5) is 12.8. The van der Waals surface area contributed by atoms with E-state index in [1.807, 2.05) is 0 Å². The van der Waals surface area contributed by atoms with E-state index in [0.717, 1.165) is 0 Å². The largest absolute Gasteiger partial charge is 0.444 e. The third-order valence-electron chi connectivity index (χ3n) is 1.78. The summed E-state index contributed by atoms with van der Waals surface area (Å²) in [5, 5.41) is 0. The first-order chi connectivity index (χ1) is 6.92. The lowest BCUT2D eigenvalue weighted by atomic mass is 10.2. The second-order valence-corrected chi connectivity index (χ2v) is 7.47. The van der Waals surface area contributed by atoms with E-state index < -0.39 is 26.8 Å². The van der Waals surface area contributed by atoms with Gasteiger partial charge in [0.15, 0.2) is 0 Å². The molecule has 0 radical (unpaired) electrons. The Morgan fingerprint density at radius 3 is 2.19 bits per heavy atom. The third-order valence-corrected chi connectivity index (χ3v) is 3.04. The summed E-state index contributed by atoms with van der Waals surface area (Å²) in [5.41, 5.74) is -0.606. The van der Waals surface area contributed by atoms with Crippen molar-refractivity contribution in [1.82, 2.24) is 4.90 Å². The highest BCUT2D eigenvalue weighted by atomic mass is 35.7. The molecular weight excluding hydrogens is 254 g/mol. The lowest BCUT2D eigenvalue weighted by Crippen LogP contribution is -2.41. The maximum absolute atomic E-state index is 11.6. The molecule has 5 nitrogen and oxygen atoms in total. The third kappa shape index (κ3) is 6.90. The maximum atomic E-state index is 11.6. The second kappa shape index (κ2) is 5.23. The molecule has 0 aromatic heterocycles. The molecule has 0 N–H and O–H groups in total. The Labute approximate surface area is 101 Å². The van der Waals surface area contributed by atoms with Crippen molar-refractivity contribution in [2.75, 3.05) is 12.8 Å². The number of ether oxygens (including phenoxy) is 1. The van der Waals surface area contributed by atoms with Crippen molar-refractivity contribution in [3.8, 4) is 0 Å². The highest BCUT2D eigenvalue weighted by Crippen LogP contribution is 2.12. The summed E-state index contributed by atoms with van der Waals surface area (Å²) < 4.78 is 26.8. The molecule has 1 unspecified atom stereocenters. The summed E-state index contributed by atoms with van der Waals surface area (Å²) in [6.45, 7) is 6.80. The average molecular weight is 272 g/mol. The molecule has 0 aromatic carbocycles. The molecule has 0 bridgehead atoms. The molecular formula is C9H18ClNO4S. The molecule has 0 aliphatic carbocycles. The Morgan fingerprint density at radius 2 is 1.88 bits per heavy atom. The van der Waals surface area contributed by atoms with Crippen molar-refractivity contribution >= 4 is 25.8 Å². The van der Waals surface area contributed by atoms with Gasteiger partial charge in [0.2, 0.25) is 9.05 Å². The molecule has 0 aliphatic heterocycles. The molecule has 96 valence electrons. The maximum Gasteiger partial charge on any atom is 0.410 e. The predicted octanol–water partition coefficient (Wildman–Crippen LogP) is 1.81. The van der Waals surface area contributed by atoms with Crippen LogP contribution >= 0.6 is 10.7 Å². The molecule has 0 spiro atoms. The van der Waals surface area contributed by atoms with Crippen LogP contribution in [-0.2, 0) is 13.8 Å². The van der Waals surface area contributed by atoms with Crippen LogP contribution in [0.15, 0.2) is 0 Å². The summed E-state index contributed by atoms with van der Waals surface area (Å²) in [5.74, 6) is -0.301. The zero-order valence-electron chi connectivity index (χ0n) is 10.2. The fourth-order valence-electron chi connectivity index (χ4n) is 0.914. The first-order valence-electron chi connectivity index (χ1n) is 4.80. The van der Waals surface area contributed by atoms with Crippen LogP contribution in [0.25, 0.3) is 0 Å². The smallest absolute Gasteiger partial charge is 0.410 e. The first-order valence-corrected chi connectivity index (χ1v) is 7.28. The first kappa shape index (κ1) is 15.5. The van der Waals surface area contributed by atoms with Gasteiger partial charge in [0.25, 0.3) is 0 Å². The molecule has 1 amide bonds. The molecule has 0 aliphatic rings. The normalized spacial score (nSPS) is 14.4. The van der Waals surface area contributed by atoms with Crippen molar-refractivity contribution in [1.29, 1.82) is 0 Å². The van der Waals surface area contributed by atoms with Crippen LogP contribution in [0, 0.1) is 0 Å². The summed E-state index contributed by atoms with van der Waals surface area (Å²) in [6.07, 6.45) is -0.569. The minimum absolute atomic E-state index is 0.301. The molecule has 0 saturated heterocycles. The van der Waals surface area contributed by atoms with Gasteiger partial charge in [-0.05, 0) is 27.7 Å². The van der Waals surface area contributed by atoms with Crippen LogP contribution in [-0.4, -0.2) is 43.9 Å². The Morgan fingerprint density at radius 1 is 1.44 bits per heavy atom. The van der Waals surface area contributed by atoms with E-state index >= 15 is 0 Å². The van der Waals surface area contributed by atoms with E-state index in [1.165, 1.54) is 11.9 Å². The van der Waals surface area contributed by atoms with E-state index in [1.54, 1.807) is 27.7 Å². The highest BCUT2D eigenvalue weighted by molar-refractivity contribution is 8.13. The number of carbonyl (C=O) groups is 1. The van der Waals surface area contributed by atoms with Gasteiger partial charge in [-0.2, -0.15) is 0 Å². The van der Waals surface area contributed by atoms with Crippen molar-refractivity contribution in [2.24, 2.45) is 0 Å². The highest BCUT2D eigenvalue weighted by Gasteiger charge is 2.25. The lowest BCUT2D eigenvalue weighted by Gasteiger charge is -2.28. The van der Waals surface area contributed by atoms with Crippen molar-refractivity contribution < 1.29 is 17.9 Å². The quantitative estimate of drug-likeness (QED) is 0.735. The minimum Gasteiger partial charge on any atom is -0.444 e. The van der Waals surface area contributed by atoms with Gasteiger partial charge in [-0.25, -0.2) is 13.2 Å². The van der Waals surface area contributed by atoms with E-state index in [0.29, 0.717) is 0 Å². The van der Waals surface area contributed by atoms with E-state index in [4.69, 9.17) is 15.4 Å². The van der Waals surface area contributed by atoms with Crippen LogP contribution in [0.5, 0.6) is 0 Å². The molecule has 16 heavy (non-hydrogen) atoms. The van der Waals surface area contributed by atoms with Crippen molar-refractivity contribution in [2.45, 2.75) is 39.3 Å². The number of carbonyl (C=O) groups excluding carboxylic acids is 1. The number of rotatable bonds is 3. The second-order valence-electron chi connectivity index (χ2n) is 4.65. The number of nitrogens with zero attached hydrogens (tertiary/aromatic N) is 1. The van der Waals surface area contributed by atoms with Crippen LogP contribution in [0.1, 0.15) is 27.7 Å². The topological polar surface area (TPSA) is 63.7 Å². The van der Waals surface area contributed by atoms with Gasteiger partial charge in [0, 0.05) is 23.8 Å². The molecule has 0 fully saturated rings. The van der Waals surface area contributed by atoms with Crippen molar-refractivity contribution in [3.63, 3.8) is 0 Å². The SMILES string of the molecule is CC(CS(=O)(=O)Cl)N(C)C(=O)OC(C)(C)C. The van der Waals surface area contributed by atoms with Crippen molar-refractivity contribution in [3.05, 3.63) is 0 Å². The number of halogens is 1. The number of hydrogen-bond acceptors (Lipinski definition) is 4. The Kier molecular flexibility index (Phi) is 5.07. The predicted molar refractivity (Wildman–Crippen MR) is 63.1 cm³/mol. The van der Waals surface area contributed by atoms with E-state index in [9.17, 15) is 13.2 Å². The monoisotopic (exact) mass is 271 g/mol. The van der Waals surface area contributed by atoms with Gasteiger partial charge >= 0.3 is 6.09 Å². The molecule has 0 saturated carbocycles. The van der Waals surface area contributed by atoms with Crippen LogP contribution in [0.2, 0.25) is 0 Å². The van der Waals surface area contributed by atoms with Gasteiger partial charge < -0.3 is 9.64 Å². The van der Waals surface area contributed by atoms with Gasteiger partial charge in [-0.15, -0.1) is 0 Å². The molecule has 0 heterocycles. The zero-order valence-corrected chi connectivity index (χ0v) is 11.7. The van der Waals surface area contributed by atoms with Gasteiger partial charge in [-0.1, -0.05) is 0 Å². The van der Waals surface area contributed by atoms with E-state index in [-0.39, 0.29) is 5.75 Å². The average Bonchev–Trinajstić information content (AvgIpc) is 1.96. The lowest BCUT2D eigenvalue weighted by molar-refractivity contribution is 0.0251. The fourth-order valence-corrected chi connectivity index (χ4v) is 2.26. The molecule has 0 aromatic rings. The summed E-state index contributed by atoms with van der Waals surface area (Å²) in [7, 11) is 2.95.